The number of nitrogens with zero attached hydrogens (tertiary/aromatic N) is 2. The highest BCUT2D eigenvalue weighted by atomic mass is 32.2. The summed E-state index contributed by atoms with van der Waals surface area (Å²) >= 11 is 0. The molecule has 0 saturated carbocycles. The van der Waals surface area contributed by atoms with Crippen molar-refractivity contribution in [2.24, 2.45) is 0 Å². The van der Waals surface area contributed by atoms with E-state index in [1.54, 1.807) is 26.0 Å². The summed E-state index contributed by atoms with van der Waals surface area (Å²) in [4.78, 5) is 0.121. The molecule has 0 bridgehead atoms. The second-order valence-corrected chi connectivity index (χ2v) is 7.31. The van der Waals surface area contributed by atoms with Gasteiger partial charge >= 0.3 is 0 Å². The Kier molecular flexibility index (Phi) is 3.78. The van der Waals surface area contributed by atoms with E-state index in [9.17, 15) is 12.8 Å². The van der Waals surface area contributed by atoms with E-state index in [2.05, 4.69) is 5.16 Å². The zero-order valence-corrected chi connectivity index (χ0v) is 13.2. The first-order valence-corrected chi connectivity index (χ1v) is 8.55. The summed E-state index contributed by atoms with van der Waals surface area (Å²) in [6.07, 6.45) is 1.41. The second kappa shape index (κ2) is 5.48. The van der Waals surface area contributed by atoms with Crippen LogP contribution in [0, 0.1) is 19.7 Å². The highest BCUT2D eigenvalue weighted by molar-refractivity contribution is 7.89. The van der Waals surface area contributed by atoms with Gasteiger partial charge in [0.05, 0.1) is 6.04 Å². The molecule has 0 N–H and O–H groups in total. The van der Waals surface area contributed by atoms with E-state index in [4.69, 9.17) is 4.52 Å². The van der Waals surface area contributed by atoms with Gasteiger partial charge in [-0.05, 0) is 44.4 Å². The number of aromatic nitrogens is 1. The summed E-state index contributed by atoms with van der Waals surface area (Å²) in [5, 5.41) is 3.72. The van der Waals surface area contributed by atoms with Crippen molar-refractivity contribution in [3.05, 3.63) is 47.1 Å². The lowest BCUT2D eigenvalue weighted by Gasteiger charge is -2.24. The van der Waals surface area contributed by atoms with E-state index >= 15 is 0 Å². The molecule has 2 aromatic rings. The lowest BCUT2D eigenvalue weighted by molar-refractivity contribution is 0.383. The van der Waals surface area contributed by atoms with E-state index in [0.717, 1.165) is 6.42 Å². The van der Waals surface area contributed by atoms with Crippen LogP contribution in [0.1, 0.15) is 35.9 Å². The third-order valence-electron chi connectivity index (χ3n) is 3.97. The predicted octanol–water partition coefficient (Wildman–Crippen LogP) is 2.96. The molecule has 1 fully saturated rings. The maximum absolute atomic E-state index is 13.5. The van der Waals surface area contributed by atoms with Crippen LogP contribution in [0.4, 0.5) is 4.39 Å². The topological polar surface area (TPSA) is 63.4 Å². The van der Waals surface area contributed by atoms with Gasteiger partial charge in [0.1, 0.15) is 16.4 Å². The molecule has 0 amide bonds. The standard InChI is InChI=1S/C15H17FN2O3S/c1-10-15(11(2)21-17-10)22(19,20)18-8-4-7-14(18)12-5-3-6-13(16)9-12/h3,5-6,9,14H,4,7-8H2,1-2H3. The first-order chi connectivity index (χ1) is 10.4. The smallest absolute Gasteiger partial charge is 0.249 e. The maximum Gasteiger partial charge on any atom is 0.249 e. The molecule has 1 aromatic carbocycles. The molecule has 2 heterocycles. The minimum absolute atomic E-state index is 0.121. The molecule has 5 nitrogen and oxygen atoms in total. The van der Waals surface area contributed by atoms with Gasteiger partial charge in [-0.25, -0.2) is 12.8 Å². The zero-order valence-electron chi connectivity index (χ0n) is 12.4. The third-order valence-corrected chi connectivity index (χ3v) is 6.12. The van der Waals surface area contributed by atoms with Crippen LogP contribution >= 0.6 is 0 Å². The number of aryl methyl sites for hydroxylation is 2. The van der Waals surface area contributed by atoms with Crippen molar-refractivity contribution in [1.82, 2.24) is 9.46 Å². The van der Waals surface area contributed by atoms with Crippen molar-refractivity contribution in [3.63, 3.8) is 0 Å². The van der Waals surface area contributed by atoms with Crippen molar-refractivity contribution in [2.45, 2.75) is 37.6 Å². The van der Waals surface area contributed by atoms with E-state index in [1.165, 1.54) is 16.4 Å². The van der Waals surface area contributed by atoms with E-state index in [-0.39, 0.29) is 22.5 Å². The largest absolute Gasteiger partial charge is 0.360 e. The van der Waals surface area contributed by atoms with Gasteiger partial charge in [-0.2, -0.15) is 4.31 Å². The second-order valence-electron chi connectivity index (χ2n) is 5.48. The molecule has 1 unspecified atom stereocenters. The van der Waals surface area contributed by atoms with Gasteiger partial charge in [0.15, 0.2) is 5.76 Å². The van der Waals surface area contributed by atoms with Gasteiger partial charge in [0, 0.05) is 6.54 Å². The van der Waals surface area contributed by atoms with Crippen LogP contribution in [-0.4, -0.2) is 24.4 Å². The van der Waals surface area contributed by atoms with Gasteiger partial charge < -0.3 is 4.52 Å². The van der Waals surface area contributed by atoms with Gasteiger partial charge in [0.2, 0.25) is 10.0 Å². The summed E-state index contributed by atoms with van der Waals surface area (Å²) in [6.45, 7) is 3.60. The number of rotatable bonds is 3. The molecular weight excluding hydrogens is 307 g/mol. The van der Waals surface area contributed by atoms with Crippen LogP contribution in [0.3, 0.4) is 0 Å². The molecule has 1 saturated heterocycles. The van der Waals surface area contributed by atoms with Crippen molar-refractivity contribution >= 4 is 10.0 Å². The Balaban J connectivity index is 2.03. The molecule has 3 rings (SSSR count). The van der Waals surface area contributed by atoms with Crippen molar-refractivity contribution in [2.75, 3.05) is 6.54 Å². The minimum atomic E-state index is -3.71. The Bertz CT molecular complexity index is 781. The fourth-order valence-corrected chi connectivity index (χ4v) is 5.01. The molecule has 1 atom stereocenters. The van der Waals surface area contributed by atoms with Gasteiger partial charge in [-0.3, -0.25) is 0 Å². The number of hydrogen-bond donors (Lipinski definition) is 0. The van der Waals surface area contributed by atoms with E-state index in [1.807, 2.05) is 0 Å². The Hall–Kier alpha value is -1.73. The first kappa shape index (κ1) is 15.2. The van der Waals surface area contributed by atoms with Crippen LogP contribution in [0.15, 0.2) is 33.7 Å². The molecule has 0 spiro atoms. The maximum atomic E-state index is 13.5. The monoisotopic (exact) mass is 324 g/mol. The highest BCUT2D eigenvalue weighted by Crippen LogP contribution is 2.38. The van der Waals surface area contributed by atoms with Crippen LogP contribution in [0.5, 0.6) is 0 Å². The molecule has 0 aliphatic carbocycles. The minimum Gasteiger partial charge on any atom is -0.360 e. The van der Waals surface area contributed by atoms with Crippen molar-refractivity contribution in [3.8, 4) is 0 Å². The molecule has 1 aliphatic heterocycles. The van der Waals surface area contributed by atoms with Crippen molar-refractivity contribution in [1.29, 1.82) is 0 Å². The average Bonchev–Trinajstić information content (AvgIpc) is 3.06. The summed E-state index contributed by atoms with van der Waals surface area (Å²) in [5.41, 5.74) is 1.02. The number of hydrogen-bond acceptors (Lipinski definition) is 4. The van der Waals surface area contributed by atoms with E-state index in [0.29, 0.717) is 24.2 Å². The Labute approximate surface area is 128 Å². The molecule has 1 aromatic heterocycles. The van der Waals surface area contributed by atoms with Crippen molar-refractivity contribution < 1.29 is 17.3 Å². The molecule has 1 aliphatic rings. The van der Waals surface area contributed by atoms with Crippen LogP contribution < -0.4 is 0 Å². The lowest BCUT2D eigenvalue weighted by atomic mass is 10.1. The number of sulfonamides is 1. The quantitative estimate of drug-likeness (QED) is 0.871. The highest BCUT2D eigenvalue weighted by Gasteiger charge is 2.39. The van der Waals surface area contributed by atoms with Gasteiger partial charge in [-0.1, -0.05) is 17.3 Å². The van der Waals surface area contributed by atoms with Crippen LogP contribution in [0.25, 0.3) is 0 Å². The average molecular weight is 324 g/mol. The summed E-state index contributed by atoms with van der Waals surface area (Å²) in [6, 6.07) is 5.75. The normalized spacial score (nSPS) is 19.7. The predicted molar refractivity (Wildman–Crippen MR) is 78.2 cm³/mol. The summed E-state index contributed by atoms with van der Waals surface area (Å²) in [5.74, 6) is -0.0820. The Morgan fingerprint density at radius 2 is 2.14 bits per heavy atom. The first-order valence-electron chi connectivity index (χ1n) is 7.11. The van der Waals surface area contributed by atoms with Crippen LogP contribution in [-0.2, 0) is 10.0 Å². The van der Waals surface area contributed by atoms with E-state index < -0.39 is 10.0 Å². The number of halogens is 1. The molecule has 22 heavy (non-hydrogen) atoms. The van der Waals surface area contributed by atoms with Gasteiger partial charge in [-0.15, -0.1) is 0 Å². The fourth-order valence-electron chi connectivity index (χ4n) is 3.03. The van der Waals surface area contributed by atoms with Crippen LogP contribution in [0.2, 0.25) is 0 Å². The molecule has 118 valence electrons. The summed E-state index contributed by atoms with van der Waals surface area (Å²) < 4.78 is 45.7. The molecular formula is C15H17FN2O3S. The molecule has 0 radical (unpaired) electrons. The SMILES string of the molecule is Cc1noc(C)c1S(=O)(=O)N1CCCC1c1cccc(F)c1. The third kappa shape index (κ3) is 2.44. The zero-order chi connectivity index (χ0) is 15.9. The Morgan fingerprint density at radius 1 is 1.36 bits per heavy atom. The van der Waals surface area contributed by atoms with Gasteiger partial charge in [0.25, 0.3) is 0 Å². The fraction of sp³-hybridized carbons (Fsp3) is 0.400. The molecule has 7 heteroatoms. The Morgan fingerprint density at radius 3 is 2.77 bits per heavy atom. The lowest BCUT2D eigenvalue weighted by Crippen LogP contribution is -2.31. The summed E-state index contributed by atoms with van der Waals surface area (Å²) in [7, 11) is -3.71. The number of benzene rings is 1.